The SMILES string of the molecule is CCOC(=O)C1(CC2CC2)CNC(=O)CCCN(C(=O)c2cc3ccccc3n(C)c2=O)CCNC(=O)COc2cc(ccc2OC)C1. The number of aromatic nitrogens is 1. The number of pyridine rings is 1. The van der Waals surface area contributed by atoms with Crippen molar-refractivity contribution in [1.29, 1.82) is 0 Å². The Hall–Kier alpha value is -4.87. The van der Waals surface area contributed by atoms with Crippen LogP contribution in [0.4, 0.5) is 0 Å². The normalized spacial score (nSPS) is 19.7. The van der Waals surface area contributed by atoms with E-state index in [0.29, 0.717) is 35.8 Å². The van der Waals surface area contributed by atoms with Gasteiger partial charge in [-0.2, -0.15) is 0 Å². The second-order valence-corrected chi connectivity index (χ2v) is 12.6. The summed E-state index contributed by atoms with van der Waals surface area (Å²) in [4.78, 5) is 68.2. The Kier molecular flexibility index (Phi) is 11.0. The van der Waals surface area contributed by atoms with Crippen LogP contribution in [0.2, 0.25) is 0 Å². The first-order valence-corrected chi connectivity index (χ1v) is 16.5. The van der Waals surface area contributed by atoms with Crippen molar-refractivity contribution in [2.24, 2.45) is 18.4 Å². The van der Waals surface area contributed by atoms with Gasteiger partial charge in [-0.1, -0.05) is 37.1 Å². The van der Waals surface area contributed by atoms with Gasteiger partial charge in [0.1, 0.15) is 5.56 Å². The molecule has 3 amide bonds. The molecule has 12 nitrogen and oxygen atoms in total. The van der Waals surface area contributed by atoms with Gasteiger partial charge in [0.2, 0.25) is 5.91 Å². The molecule has 3 aromatic rings. The minimum Gasteiger partial charge on any atom is -0.493 e. The van der Waals surface area contributed by atoms with E-state index in [0.717, 1.165) is 23.8 Å². The zero-order valence-electron chi connectivity index (χ0n) is 27.8. The van der Waals surface area contributed by atoms with Crippen LogP contribution in [0.3, 0.4) is 0 Å². The summed E-state index contributed by atoms with van der Waals surface area (Å²) in [6, 6.07) is 14.2. The second-order valence-electron chi connectivity index (χ2n) is 12.6. The van der Waals surface area contributed by atoms with E-state index in [1.54, 1.807) is 32.2 Å². The third-order valence-electron chi connectivity index (χ3n) is 9.02. The lowest BCUT2D eigenvalue weighted by Crippen LogP contribution is -2.46. The van der Waals surface area contributed by atoms with Crippen LogP contribution in [0, 0.1) is 11.3 Å². The topological polar surface area (TPSA) is 145 Å². The molecule has 12 heteroatoms. The van der Waals surface area contributed by atoms with E-state index >= 15 is 0 Å². The molecule has 256 valence electrons. The maximum Gasteiger partial charge on any atom is 0.314 e. The van der Waals surface area contributed by atoms with Crippen molar-refractivity contribution in [2.45, 2.75) is 45.4 Å². The number of rotatable bonds is 6. The third kappa shape index (κ3) is 8.15. The van der Waals surface area contributed by atoms with E-state index < -0.39 is 22.8 Å². The number of methoxy groups -OCH3 is 1. The fraction of sp³-hybridized carbons (Fsp3) is 0.472. The highest BCUT2D eigenvalue weighted by Crippen LogP contribution is 2.43. The fourth-order valence-corrected chi connectivity index (χ4v) is 6.30. The number of para-hydroxylation sites is 1. The van der Waals surface area contributed by atoms with Gasteiger partial charge in [-0.15, -0.1) is 0 Å². The monoisotopic (exact) mass is 660 g/mol. The first-order valence-electron chi connectivity index (χ1n) is 16.5. The van der Waals surface area contributed by atoms with Crippen molar-refractivity contribution in [1.82, 2.24) is 20.1 Å². The number of hydrogen-bond donors (Lipinski definition) is 2. The predicted octanol–water partition coefficient (Wildman–Crippen LogP) is 2.99. The zero-order chi connectivity index (χ0) is 34.3. The summed E-state index contributed by atoms with van der Waals surface area (Å²) >= 11 is 0. The number of ether oxygens (including phenoxy) is 3. The average Bonchev–Trinajstić information content (AvgIpc) is 3.90. The molecule has 1 atom stereocenters. The smallest absolute Gasteiger partial charge is 0.314 e. The molecule has 0 spiro atoms. The number of amides is 3. The molecule has 1 aliphatic heterocycles. The molecule has 1 aromatic heterocycles. The van der Waals surface area contributed by atoms with Gasteiger partial charge in [-0.05, 0) is 67.3 Å². The highest BCUT2D eigenvalue weighted by Gasteiger charge is 2.45. The van der Waals surface area contributed by atoms with Gasteiger partial charge in [0.05, 0.1) is 24.6 Å². The maximum absolute atomic E-state index is 13.8. The predicted molar refractivity (Wildman–Crippen MR) is 179 cm³/mol. The Morgan fingerprint density at radius 3 is 2.56 bits per heavy atom. The number of aryl methyl sites for hydroxylation is 1. The lowest BCUT2D eigenvalue weighted by molar-refractivity contribution is -0.156. The first-order chi connectivity index (χ1) is 23.1. The maximum atomic E-state index is 13.8. The molecule has 1 saturated carbocycles. The largest absolute Gasteiger partial charge is 0.493 e. The van der Waals surface area contributed by atoms with Crippen LogP contribution in [0.5, 0.6) is 11.5 Å². The number of fused-ring (bicyclic) bond motifs is 3. The Labute approximate surface area is 279 Å². The molecule has 48 heavy (non-hydrogen) atoms. The summed E-state index contributed by atoms with van der Waals surface area (Å²) < 4.78 is 18.4. The van der Waals surface area contributed by atoms with Crippen molar-refractivity contribution < 1.29 is 33.4 Å². The van der Waals surface area contributed by atoms with E-state index in [-0.39, 0.29) is 69.7 Å². The number of benzene rings is 2. The van der Waals surface area contributed by atoms with Gasteiger partial charge in [0.25, 0.3) is 17.4 Å². The minimum atomic E-state index is -1.01. The quantitative estimate of drug-likeness (QED) is 0.384. The molecule has 1 aliphatic carbocycles. The van der Waals surface area contributed by atoms with Crippen LogP contribution < -0.4 is 25.7 Å². The molecule has 2 N–H and O–H groups in total. The lowest BCUT2D eigenvalue weighted by atomic mass is 9.76. The van der Waals surface area contributed by atoms with Gasteiger partial charge in [0.15, 0.2) is 18.1 Å². The highest BCUT2D eigenvalue weighted by atomic mass is 16.5. The van der Waals surface area contributed by atoms with Crippen molar-refractivity contribution in [3.05, 3.63) is 70.0 Å². The minimum absolute atomic E-state index is 0.00345. The molecule has 2 heterocycles. The van der Waals surface area contributed by atoms with Crippen LogP contribution in [0.25, 0.3) is 10.9 Å². The number of carbonyl (C=O) groups excluding carboxylic acids is 4. The Morgan fingerprint density at radius 1 is 1.02 bits per heavy atom. The lowest BCUT2D eigenvalue weighted by Gasteiger charge is -2.32. The summed E-state index contributed by atoms with van der Waals surface area (Å²) in [5.74, 6) is -0.431. The summed E-state index contributed by atoms with van der Waals surface area (Å²) in [6.07, 6.45) is 3.25. The summed E-state index contributed by atoms with van der Waals surface area (Å²) in [6.45, 7) is 2.12. The van der Waals surface area contributed by atoms with Crippen molar-refractivity contribution in [3.8, 4) is 11.5 Å². The third-order valence-corrected chi connectivity index (χ3v) is 9.02. The van der Waals surface area contributed by atoms with Gasteiger partial charge in [-0.25, -0.2) is 0 Å². The van der Waals surface area contributed by atoms with Crippen molar-refractivity contribution >= 4 is 34.6 Å². The fourth-order valence-electron chi connectivity index (χ4n) is 6.30. The zero-order valence-corrected chi connectivity index (χ0v) is 27.8. The summed E-state index contributed by atoms with van der Waals surface area (Å²) in [5, 5.41) is 6.51. The summed E-state index contributed by atoms with van der Waals surface area (Å²) in [5.41, 5.74) is 0.0357. The molecule has 5 rings (SSSR count). The van der Waals surface area contributed by atoms with E-state index in [1.807, 2.05) is 30.3 Å². The number of nitrogens with one attached hydrogen (secondary N) is 2. The number of nitrogens with zero attached hydrogens (tertiary/aromatic N) is 2. The van der Waals surface area contributed by atoms with Gasteiger partial charge >= 0.3 is 5.97 Å². The van der Waals surface area contributed by atoms with Crippen LogP contribution >= 0.6 is 0 Å². The van der Waals surface area contributed by atoms with Crippen LogP contribution in [-0.4, -0.2) is 79.7 Å². The molecule has 1 fully saturated rings. The highest BCUT2D eigenvalue weighted by molar-refractivity contribution is 5.97. The first kappa shape index (κ1) is 34.5. The van der Waals surface area contributed by atoms with Gasteiger partial charge in [-0.3, -0.25) is 24.0 Å². The molecule has 2 bridgehead atoms. The van der Waals surface area contributed by atoms with Crippen molar-refractivity contribution in [2.75, 3.05) is 46.5 Å². The van der Waals surface area contributed by atoms with Crippen LogP contribution in [0.1, 0.15) is 54.9 Å². The van der Waals surface area contributed by atoms with E-state index in [2.05, 4.69) is 10.6 Å². The number of esters is 1. The molecule has 0 radical (unpaired) electrons. The standard InChI is InChI=1S/C36H44N4O8/c1-4-47-35(45)36(20-24-11-12-24)21-25-13-14-29(46-3)30(18-25)48-22-32(42)37-15-17-40(16-7-10-31(41)38-23-36)34(44)27-19-26-8-5-6-9-28(26)39(2)33(27)43/h5-6,8-9,13-14,18-19,24H,4,7,10-12,15-17,20-23H2,1-3H3,(H,37,42)(H,38,41). The number of carbonyl (C=O) groups is 4. The Morgan fingerprint density at radius 2 is 1.81 bits per heavy atom. The molecule has 2 aromatic carbocycles. The Balaban J connectivity index is 1.42. The van der Waals surface area contributed by atoms with Crippen molar-refractivity contribution in [3.63, 3.8) is 0 Å². The van der Waals surface area contributed by atoms with Crippen LogP contribution in [-0.2, 0) is 32.6 Å². The Bertz CT molecular complexity index is 1730. The average molecular weight is 661 g/mol. The van der Waals surface area contributed by atoms with Gasteiger partial charge < -0.3 is 34.3 Å². The molecule has 2 aliphatic rings. The molecule has 1 unspecified atom stereocenters. The van der Waals surface area contributed by atoms with Gasteiger partial charge in [0, 0.05) is 39.6 Å². The molecular weight excluding hydrogens is 616 g/mol. The number of hydrogen-bond acceptors (Lipinski definition) is 8. The molecule has 0 saturated heterocycles. The van der Waals surface area contributed by atoms with E-state index in [9.17, 15) is 24.0 Å². The van der Waals surface area contributed by atoms with E-state index in [1.165, 1.54) is 16.6 Å². The molecular formula is C36H44N4O8. The summed E-state index contributed by atoms with van der Waals surface area (Å²) in [7, 11) is 3.12. The second kappa shape index (κ2) is 15.4. The van der Waals surface area contributed by atoms with E-state index in [4.69, 9.17) is 14.2 Å². The van der Waals surface area contributed by atoms with Crippen LogP contribution in [0.15, 0.2) is 53.3 Å².